The fourth-order valence-electron chi connectivity index (χ4n) is 7.13. The summed E-state index contributed by atoms with van der Waals surface area (Å²) >= 11 is 0. The second-order valence-electron chi connectivity index (χ2n) is 12.7. The second kappa shape index (κ2) is 17.2. The van der Waals surface area contributed by atoms with Crippen LogP contribution in [0.15, 0.2) is 29.3 Å². The lowest BCUT2D eigenvalue weighted by Crippen LogP contribution is -2.55. The molecule has 3 fully saturated rings. The molecule has 15 nitrogen and oxygen atoms in total. The standard InChI is InChI=1S/C26H39N4O5P.C6H14N4O2/c1-2-18-8-3-4-9-19(18)13-17-36(35)22-12-16-30(26(22,36)25(33)34)24(32)21-11-7-15-29(21)23(31)20(28)10-5-6-14-27;7-4(5(11)12)2-1-3-10-6(8)9/h3-4,8-9,20-22H,2,5-7,10-17,27-28H2,1H3,(H,33,34);4H,1-3,7H2,(H,11,12)(H4,8,9,10)/t20-,21-,22?,26+,36?;4-/m00/s1. The molecule has 3 saturated heterocycles. The van der Waals surface area contributed by atoms with Crippen molar-refractivity contribution in [2.75, 3.05) is 32.3 Å². The van der Waals surface area contributed by atoms with E-state index in [0.29, 0.717) is 64.6 Å². The van der Waals surface area contributed by atoms with Crippen LogP contribution < -0.4 is 28.7 Å². The Balaban J connectivity index is 0.000000444. The van der Waals surface area contributed by atoms with E-state index in [1.807, 2.05) is 24.3 Å². The van der Waals surface area contributed by atoms with Crippen molar-refractivity contribution >= 4 is 36.9 Å². The molecule has 268 valence electrons. The summed E-state index contributed by atoms with van der Waals surface area (Å²) in [6.07, 6.45) is 6.14. The van der Waals surface area contributed by atoms with Crippen LogP contribution in [0, 0.1) is 0 Å². The van der Waals surface area contributed by atoms with E-state index >= 15 is 0 Å². The number of carboxylic acid groups (broad SMARTS) is 2. The molecule has 0 radical (unpaired) electrons. The summed E-state index contributed by atoms with van der Waals surface area (Å²) in [7, 11) is -3.18. The van der Waals surface area contributed by atoms with E-state index in [0.717, 1.165) is 30.4 Å². The summed E-state index contributed by atoms with van der Waals surface area (Å²) in [5.74, 6) is -2.84. The summed E-state index contributed by atoms with van der Waals surface area (Å²) in [4.78, 5) is 56.2. The van der Waals surface area contributed by atoms with Crippen LogP contribution in [0.4, 0.5) is 0 Å². The highest BCUT2D eigenvalue weighted by Crippen LogP contribution is 2.86. The normalized spacial score (nSPS) is 25.3. The number of rotatable bonds is 16. The van der Waals surface area contributed by atoms with Gasteiger partial charge in [0.05, 0.1) is 11.7 Å². The van der Waals surface area contributed by atoms with Gasteiger partial charge in [0.2, 0.25) is 17.1 Å². The fraction of sp³-hybridized carbons (Fsp3) is 0.656. The van der Waals surface area contributed by atoms with E-state index in [4.69, 9.17) is 33.8 Å². The van der Waals surface area contributed by atoms with Gasteiger partial charge < -0.3 is 53.2 Å². The van der Waals surface area contributed by atoms with Crippen LogP contribution in [0.3, 0.4) is 0 Å². The Morgan fingerprint density at radius 1 is 1.00 bits per heavy atom. The van der Waals surface area contributed by atoms with Gasteiger partial charge in [-0.05, 0) is 75.5 Å². The van der Waals surface area contributed by atoms with E-state index in [9.17, 15) is 28.8 Å². The molecule has 3 heterocycles. The van der Waals surface area contributed by atoms with Crippen LogP contribution in [0.1, 0.15) is 69.4 Å². The van der Waals surface area contributed by atoms with Crippen LogP contribution in [0.2, 0.25) is 0 Å². The predicted molar refractivity (Wildman–Crippen MR) is 184 cm³/mol. The number of amides is 2. The van der Waals surface area contributed by atoms with Crippen LogP contribution in [0.5, 0.6) is 0 Å². The van der Waals surface area contributed by atoms with Gasteiger partial charge in [0.25, 0.3) is 0 Å². The van der Waals surface area contributed by atoms with E-state index in [1.54, 1.807) is 0 Å². The lowest BCUT2D eigenvalue weighted by Gasteiger charge is -2.33. The Morgan fingerprint density at radius 2 is 1.67 bits per heavy atom. The van der Waals surface area contributed by atoms with Crippen molar-refractivity contribution < 1.29 is 34.0 Å². The Morgan fingerprint density at radius 3 is 2.27 bits per heavy atom. The molecule has 3 aliphatic heterocycles. The third-order valence-electron chi connectivity index (χ3n) is 9.70. The maximum atomic E-state index is 14.1. The first-order valence-electron chi connectivity index (χ1n) is 16.8. The van der Waals surface area contributed by atoms with Gasteiger partial charge in [-0.3, -0.25) is 19.4 Å². The summed E-state index contributed by atoms with van der Waals surface area (Å²) in [5.41, 5.74) is 28.7. The number of aryl methyl sites for hydroxylation is 2. The van der Waals surface area contributed by atoms with Crippen molar-refractivity contribution in [1.29, 1.82) is 0 Å². The Bertz CT molecular complexity index is 1390. The lowest BCUT2D eigenvalue weighted by molar-refractivity contribution is -0.152. The number of fused-ring (bicyclic) bond motifs is 1. The minimum atomic E-state index is -3.18. The first-order chi connectivity index (χ1) is 22.8. The zero-order valence-corrected chi connectivity index (χ0v) is 28.7. The highest BCUT2D eigenvalue weighted by molar-refractivity contribution is 7.75. The highest BCUT2D eigenvalue weighted by Gasteiger charge is 2.85. The van der Waals surface area contributed by atoms with E-state index in [2.05, 4.69) is 11.9 Å². The van der Waals surface area contributed by atoms with Gasteiger partial charge >= 0.3 is 11.9 Å². The van der Waals surface area contributed by atoms with Crippen LogP contribution in [-0.2, 0) is 36.6 Å². The molecule has 0 aliphatic carbocycles. The minimum absolute atomic E-state index is 0.0129. The Hall–Kier alpha value is -3.52. The molecule has 48 heavy (non-hydrogen) atoms. The molecule has 6 atom stereocenters. The van der Waals surface area contributed by atoms with Crippen LogP contribution in [0.25, 0.3) is 0 Å². The largest absolute Gasteiger partial charge is 0.480 e. The van der Waals surface area contributed by atoms with Crippen molar-refractivity contribution in [2.45, 2.75) is 100 Å². The van der Waals surface area contributed by atoms with Gasteiger partial charge in [-0.1, -0.05) is 37.6 Å². The van der Waals surface area contributed by atoms with E-state index in [1.165, 1.54) is 9.80 Å². The number of likely N-dealkylation sites (tertiary alicyclic amines) is 2. The van der Waals surface area contributed by atoms with Gasteiger partial charge in [0.15, 0.2) is 5.96 Å². The van der Waals surface area contributed by atoms with Gasteiger partial charge in [-0.25, -0.2) is 4.79 Å². The molecule has 2 amide bonds. The number of unbranched alkanes of at least 4 members (excludes halogenated alkanes) is 1. The lowest BCUT2D eigenvalue weighted by atomic mass is 10.0. The first-order valence-corrected chi connectivity index (χ1v) is 18.7. The monoisotopic (exact) mass is 692 g/mol. The number of nitrogens with zero attached hydrogens (tertiary/aromatic N) is 3. The third kappa shape index (κ3) is 8.36. The van der Waals surface area contributed by atoms with Gasteiger partial charge in [-0.15, -0.1) is 0 Å². The molecule has 0 bridgehead atoms. The molecule has 16 heteroatoms. The number of hydrogen-bond donors (Lipinski definition) is 7. The van der Waals surface area contributed by atoms with Crippen molar-refractivity contribution in [3.63, 3.8) is 0 Å². The Kier molecular flexibility index (Phi) is 14.0. The summed E-state index contributed by atoms with van der Waals surface area (Å²) in [6.45, 7) is 3.69. The minimum Gasteiger partial charge on any atom is -0.480 e. The molecule has 0 spiro atoms. The average Bonchev–Trinajstić information content (AvgIpc) is 3.45. The number of carboxylic acids is 2. The highest BCUT2D eigenvalue weighted by atomic mass is 31.2. The predicted octanol–water partition coefficient (Wildman–Crippen LogP) is 0.449. The Labute approximate surface area is 282 Å². The quantitative estimate of drug-likeness (QED) is 0.0538. The molecule has 2 unspecified atom stereocenters. The molecular weight excluding hydrogens is 639 g/mol. The topological polar surface area (TPSA) is 275 Å². The number of aliphatic carboxylic acids is 2. The molecule has 0 aromatic heterocycles. The summed E-state index contributed by atoms with van der Waals surface area (Å²) in [5, 5.41) is 17.1. The fourth-order valence-corrected chi connectivity index (χ4v) is 11.6. The zero-order chi connectivity index (χ0) is 35.6. The van der Waals surface area contributed by atoms with Crippen molar-refractivity contribution in [1.82, 2.24) is 9.80 Å². The van der Waals surface area contributed by atoms with Crippen LogP contribution >= 0.6 is 7.14 Å². The molecule has 1 aromatic carbocycles. The van der Waals surface area contributed by atoms with E-state index < -0.39 is 54.1 Å². The van der Waals surface area contributed by atoms with Crippen molar-refractivity contribution in [3.05, 3.63) is 35.4 Å². The smallest absolute Gasteiger partial charge is 0.338 e. The molecular formula is C32H53N8O7P. The maximum absolute atomic E-state index is 14.1. The van der Waals surface area contributed by atoms with Gasteiger partial charge in [0.1, 0.15) is 19.2 Å². The average molecular weight is 693 g/mol. The van der Waals surface area contributed by atoms with Crippen molar-refractivity contribution in [3.8, 4) is 0 Å². The third-order valence-corrected chi connectivity index (χ3v) is 13.8. The number of nitrogens with two attached hydrogens (primary N) is 5. The molecule has 3 aliphatic rings. The molecule has 0 saturated carbocycles. The second-order valence-corrected chi connectivity index (χ2v) is 16.0. The number of hydrogen-bond acceptors (Lipinski definition) is 9. The molecule has 4 rings (SSSR count). The SMILES string of the molecule is CCc1ccccc1CCP1(=O)C2CCN(C(=O)[C@@H]3CCCN3C(=O)[C@@H](N)CCCCN)[C@]21C(=O)O.NC(N)=NCCC[C@H](N)C(=O)O. The van der Waals surface area contributed by atoms with Gasteiger partial charge in [-0.2, -0.15) is 0 Å². The first kappa shape index (κ1) is 38.9. The van der Waals surface area contributed by atoms with Crippen LogP contribution in [-0.4, -0.2) is 111 Å². The number of carbonyl (C=O) groups excluding carboxylic acids is 2. The number of guanidine groups is 1. The zero-order valence-electron chi connectivity index (χ0n) is 27.8. The summed E-state index contributed by atoms with van der Waals surface area (Å²) < 4.78 is 14.1. The number of carbonyl (C=O) groups is 4. The summed E-state index contributed by atoms with van der Waals surface area (Å²) in [6, 6.07) is 5.66. The number of benzene rings is 1. The molecule has 12 N–H and O–H groups in total. The van der Waals surface area contributed by atoms with E-state index in [-0.39, 0.29) is 24.6 Å². The van der Waals surface area contributed by atoms with Gasteiger partial charge in [0, 0.05) is 25.8 Å². The maximum Gasteiger partial charge on any atom is 0.338 e. The number of aliphatic imine (C=N–C) groups is 1. The molecule has 1 aromatic rings. The van der Waals surface area contributed by atoms with Crippen molar-refractivity contribution in [2.24, 2.45) is 33.7 Å².